The van der Waals surface area contributed by atoms with Crippen molar-refractivity contribution in [1.82, 2.24) is 20.1 Å². The number of aliphatic hydroxyl groups excluding tert-OH is 1. The summed E-state index contributed by atoms with van der Waals surface area (Å²) in [5.41, 5.74) is 2.83. The van der Waals surface area contributed by atoms with Crippen molar-refractivity contribution < 1.29 is 14.3 Å². The van der Waals surface area contributed by atoms with E-state index in [0.717, 1.165) is 41.8 Å². The molecule has 1 aromatic carbocycles. The number of nitrogens with one attached hydrogen (secondary N) is 3. The zero-order chi connectivity index (χ0) is 27.8. The Morgan fingerprint density at radius 3 is 2.83 bits per heavy atom. The van der Waals surface area contributed by atoms with Gasteiger partial charge in [-0.25, -0.2) is 14.5 Å². The maximum atomic E-state index is 14.7. The van der Waals surface area contributed by atoms with Crippen molar-refractivity contribution in [2.45, 2.75) is 44.2 Å². The molecule has 0 spiro atoms. The first-order chi connectivity index (χ1) is 19.3. The Morgan fingerprint density at radius 1 is 1.18 bits per heavy atom. The molecule has 40 heavy (non-hydrogen) atoms. The van der Waals surface area contributed by atoms with Crippen LogP contribution in [-0.2, 0) is 12.8 Å². The molecule has 4 N–H and O–H groups in total. The molecule has 1 saturated heterocycles. The first-order valence-electron chi connectivity index (χ1n) is 13.3. The molecule has 206 valence electrons. The molecule has 0 bridgehead atoms. The summed E-state index contributed by atoms with van der Waals surface area (Å²) in [4.78, 5) is 33.8. The number of aryl methyl sites for hydroxylation is 1. The van der Waals surface area contributed by atoms with Crippen LogP contribution in [0, 0.1) is 5.82 Å². The molecule has 1 fully saturated rings. The number of carbonyl (C=O) groups is 1. The highest BCUT2D eigenvalue weighted by Gasteiger charge is 2.24. The van der Waals surface area contributed by atoms with Crippen molar-refractivity contribution in [3.63, 3.8) is 0 Å². The lowest BCUT2D eigenvalue weighted by molar-refractivity contribution is 0.102. The van der Waals surface area contributed by atoms with Gasteiger partial charge in [0.15, 0.2) is 0 Å². The van der Waals surface area contributed by atoms with Gasteiger partial charge in [0.25, 0.3) is 11.5 Å². The van der Waals surface area contributed by atoms with Gasteiger partial charge in [0.1, 0.15) is 17.3 Å². The summed E-state index contributed by atoms with van der Waals surface area (Å²) in [5.74, 6) is -0.487. The zero-order valence-corrected chi connectivity index (χ0v) is 22.7. The van der Waals surface area contributed by atoms with Gasteiger partial charge in [0.2, 0.25) is 0 Å². The molecule has 4 aromatic rings. The Balaban J connectivity index is 1.20. The predicted octanol–water partition coefficient (Wildman–Crippen LogP) is 4.64. The van der Waals surface area contributed by atoms with E-state index in [4.69, 9.17) is 0 Å². The van der Waals surface area contributed by atoms with Crippen LogP contribution in [0.4, 0.5) is 21.6 Å². The first kappa shape index (κ1) is 26.3. The lowest BCUT2D eigenvalue weighted by atomic mass is 9.96. The zero-order valence-electron chi connectivity index (χ0n) is 21.9. The number of carbonyl (C=O) groups excluding carboxylic acids is 1. The fourth-order valence-corrected chi connectivity index (χ4v) is 6.48. The molecule has 4 heterocycles. The molecule has 1 aliphatic heterocycles. The number of H-pyrrole nitrogens is 1. The monoisotopic (exact) mass is 560 g/mol. The minimum atomic E-state index is -0.589. The molecule has 6 rings (SSSR count). The van der Waals surface area contributed by atoms with Gasteiger partial charge in [-0.1, -0.05) is 6.07 Å². The maximum Gasteiger partial charge on any atom is 0.287 e. The fraction of sp³-hybridized carbons (Fsp3) is 0.310. The molecule has 0 saturated carbocycles. The van der Waals surface area contributed by atoms with Crippen molar-refractivity contribution in [2.24, 2.45) is 0 Å². The van der Waals surface area contributed by atoms with Crippen LogP contribution in [0.2, 0.25) is 0 Å². The fourth-order valence-electron chi connectivity index (χ4n) is 5.37. The molecule has 2 atom stereocenters. The van der Waals surface area contributed by atoms with E-state index in [1.165, 1.54) is 29.5 Å². The highest BCUT2D eigenvalue weighted by Crippen LogP contribution is 2.32. The summed E-state index contributed by atoms with van der Waals surface area (Å²) in [6.07, 6.45) is 5.60. The summed E-state index contributed by atoms with van der Waals surface area (Å²) in [6, 6.07) is 11.8. The maximum absolute atomic E-state index is 14.7. The number of pyridine rings is 1. The SMILES string of the molecule is CN1CCC[C@H]1c1ccc(Nc2cc(-c3ccc(F)c(NC(=O)c4cc5c(s4)CC[C@@H](O)C5)c3)n[nH]c2=O)nc1. The van der Waals surface area contributed by atoms with Gasteiger partial charge in [0.05, 0.1) is 22.4 Å². The lowest BCUT2D eigenvalue weighted by Gasteiger charge is -2.19. The minimum absolute atomic E-state index is 0.00514. The Kier molecular flexibility index (Phi) is 7.18. The summed E-state index contributed by atoms with van der Waals surface area (Å²) >= 11 is 1.37. The van der Waals surface area contributed by atoms with Crippen LogP contribution in [0.1, 0.15) is 51.0 Å². The molecule has 3 aromatic heterocycles. The number of aromatic amines is 1. The van der Waals surface area contributed by atoms with Crippen molar-refractivity contribution in [3.05, 3.63) is 85.7 Å². The van der Waals surface area contributed by atoms with E-state index in [1.54, 1.807) is 12.1 Å². The quantitative estimate of drug-likeness (QED) is 0.271. The molecule has 0 radical (unpaired) electrons. The molecule has 0 unspecified atom stereocenters. The summed E-state index contributed by atoms with van der Waals surface area (Å²) in [7, 11) is 2.11. The van der Waals surface area contributed by atoms with E-state index >= 15 is 0 Å². The van der Waals surface area contributed by atoms with Crippen LogP contribution >= 0.6 is 11.3 Å². The lowest BCUT2D eigenvalue weighted by Crippen LogP contribution is -2.17. The number of benzene rings is 1. The summed E-state index contributed by atoms with van der Waals surface area (Å²) in [6.45, 7) is 1.07. The number of halogens is 1. The van der Waals surface area contributed by atoms with Gasteiger partial charge in [-0.15, -0.1) is 11.3 Å². The van der Waals surface area contributed by atoms with Crippen LogP contribution < -0.4 is 16.2 Å². The third kappa shape index (κ3) is 5.40. The molecule has 2 aliphatic rings. The second-order valence-corrected chi connectivity index (χ2v) is 11.5. The molecule has 9 nitrogen and oxygen atoms in total. The van der Waals surface area contributed by atoms with Crippen LogP contribution in [-0.4, -0.2) is 50.8 Å². The number of anilines is 3. The number of rotatable bonds is 6. The van der Waals surface area contributed by atoms with E-state index in [2.05, 4.69) is 37.8 Å². The molecule has 11 heteroatoms. The summed E-state index contributed by atoms with van der Waals surface area (Å²) in [5, 5.41) is 22.2. The predicted molar refractivity (Wildman–Crippen MR) is 153 cm³/mol. The van der Waals surface area contributed by atoms with E-state index in [9.17, 15) is 19.1 Å². The number of aromatic nitrogens is 3. The number of thiophene rings is 1. The average Bonchev–Trinajstić information content (AvgIpc) is 3.57. The van der Waals surface area contributed by atoms with Gasteiger partial charge in [-0.3, -0.25) is 14.5 Å². The van der Waals surface area contributed by atoms with E-state index in [0.29, 0.717) is 40.8 Å². The van der Waals surface area contributed by atoms with Gasteiger partial charge < -0.3 is 15.7 Å². The van der Waals surface area contributed by atoms with Crippen molar-refractivity contribution in [3.8, 4) is 11.3 Å². The standard InChI is InChI=1S/C29H29FN6O3S/c1-36-10-2-3-24(36)17-5-9-27(31-15-17)32-23-14-21(34-35-28(23)38)16-4-7-20(30)22(12-16)33-29(39)26-13-18-11-19(37)6-8-25(18)40-26/h4-5,7,9,12-15,19,24,37H,2-3,6,8,10-11H2,1H3,(H,33,39)(H,35,38)(H,31,32,34)/t19-,24+/m1/s1. The van der Waals surface area contributed by atoms with E-state index in [1.807, 2.05) is 18.3 Å². The van der Waals surface area contributed by atoms with Crippen LogP contribution in [0.25, 0.3) is 11.3 Å². The van der Waals surface area contributed by atoms with Gasteiger partial charge in [-0.2, -0.15) is 5.10 Å². The first-order valence-corrected chi connectivity index (χ1v) is 14.1. The highest BCUT2D eigenvalue weighted by atomic mass is 32.1. The molecule has 1 amide bonds. The van der Waals surface area contributed by atoms with Crippen LogP contribution in [0.5, 0.6) is 0 Å². The Morgan fingerprint density at radius 2 is 2.05 bits per heavy atom. The average molecular weight is 561 g/mol. The third-order valence-corrected chi connectivity index (χ3v) is 8.78. The van der Waals surface area contributed by atoms with Crippen molar-refractivity contribution >= 4 is 34.4 Å². The smallest absolute Gasteiger partial charge is 0.287 e. The largest absolute Gasteiger partial charge is 0.393 e. The van der Waals surface area contributed by atoms with E-state index < -0.39 is 23.4 Å². The van der Waals surface area contributed by atoms with Crippen molar-refractivity contribution in [2.75, 3.05) is 24.2 Å². The normalized spacial score (nSPS) is 18.9. The number of fused-ring (bicyclic) bond motifs is 1. The number of aliphatic hydroxyl groups is 1. The minimum Gasteiger partial charge on any atom is -0.393 e. The number of hydrogen-bond donors (Lipinski definition) is 4. The van der Waals surface area contributed by atoms with Crippen LogP contribution in [0.3, 0.4) is 0 Å². The highest BCUT2D eigenvalue weighted by molar-refractivity contribution is 7.14. The topological polar surface area (TPSA) is 123 Å². The molecular formula is C29H29FN6O3S. The van der Waals surface area contributed by atoms with Crippen molar-refractivity contribution in [1.29, 1.82) is 0 Å². The van der Waals surface area contributed by atoms with Gasteiger partial charge in [-0.05, 0) is 93.2 Å². The summed E-state index contributed by atoms with van der Waals surface area (Å²) < 4.78 is 14.7. The molecular weight excluding hydrogens is 531 g/mol. The van der Waals surface area contributed by atoms with Gasteiger partial charge in [0, 0.05) is 22.7 Å². The van der Waals surface area contributed by atoms with Crippen LogP contribution in [0.15, 0.2) is 53.5 Å². The second-order valence-electron chi connectivity index (χ2n) is 10.3. The van der Waals surface area contributed by atoms with E-state index in [-0.39, 0.29) is 11.4 Å². The number of amides is 1. The van der Waals surface area contributed by atoms with Gasteiger partial charge >= 0.3 is 0 Å². The number of nitrogens with zero attached hydrogens (tertiary/aromatic N) is 3. The number of hydrogen-bond acceptors (Lipinski definition) is 8. The molecule has 1 aliphatic carbocycles. The Bertz CT molecular complexity index is 1620. The third-order valence-electron chi connectivity index (χ3n) is 7.55. The number of likely N-dealkylation sites (tertiary alicyclic amines) is 1. The second kappa shape index (κ2) is 10.9. The Hall–Kier alpha value is -3.93. The Labute approximate surface area is 234 Å².